The van der Waals surface area contributed by atoms with Gasteiger partial charge in [-0.05, 0) is 128 Å². The zero-order chi connectivity index (χ0) is 50.0. The third-order valence-electron chi connectivity index (χ3n) is 11.4. The fraction of sp³-hybridized carbons (Fsp3) is 0.635. The number of carbonyl (C=O) groups excluding carboxylic acids is 3. The first-order valence-corrected chi connectivity index (χ1v) is 28.0. The summed E-state index contributed by atoms with van der Waals surface area (Å²) in [5.41, 5.74) is 0. The molecule has 0 bridgehead atoms. The van der Waals surface area contributed by atoms with Crippen LogP contribution in [-0.2, 0) is 28.6 Å². The molecule has 0 aliphatic heterocycles. The average molecular weight is 956 g/mol. The molecule has 0 fully saturated rings. The number of ether oxygens (including phenoxy) is 3. The molecule has 6 heteroatoms. The van der Waals surface area contributed by atoms with E-state index >= 15 is 0 Å². The van der Waals surface area contributed by atoms with Gasteiger partial charge in [0.15, 0.2) is 6.10 Å². The quantitative estimate of drug-likeness (QED) is 0.0262. The summed E-state index contributed by atoms with van der Waals surface area (Å²) in [6, 6.07) is 0. The van der Waals surface area contributed by atoms with Gasteiger partial charge in [-0.25, -0.2) is 0 Å². The minimum absolute atomic E-state index is 0.103. The predicted octanol–water partition coefficient (Wildman–Crippen LogP) is 18.9. The van der Waals surface area contributed by atoms with Crippen molar-refractivity contribution >= 4 is 17.9 Å². The fourth-order valence-electron chi connectivity index (χ4n) is 7.28. The number of esters is 3. The molecular formula is C63H102O6. The van der Waals surface area contributed by atoms with E-state index in [9.17, 15) is 14.4 Å². The van der Waals surface area contributed by atoms with Crippen molar-refractivity contribution in [3.05, 3.63) is 122 Å². The van der Waals surface area contributed by atoms with Crippen molar-refractivity contribution in [3.63, 3.8) is 0 Å². The van der Waals surface area contributed by atoms with Crippen LogP contribution in [0.25, 0.3) is 0 Å². The molecule has 0 radical (unpaired) electrons. The number of allylic oxidation sites excluding steroid dienone is 20. The summed E-state index contributed by atoms with van der Waals surface area (Å²) in [6.07, 6.45) is 77.5. The van der Waals surface area contributed by atoms with Crippen molar-refractivity contribution < 1.29 is 28.6 Å². The number of hydrogen-bond acceptors (Lipinski definition) is 6. The van der Waals surface area contributed by atoms with Gasteiger partial charge in [0.1, 0.15) is 13.2 Å². The van der Waals surface area contributed by atoms with E-state index < -0.39 is 6.10 Å². The van der Waals surface area contributed by atoms with Crippen molar-refractivity contribution in [2.45, 2.75) is 245 Å². The van der Waals surface area contributed by atoms with Crippen LogP contribution < -0.4 is 0 Å². The molecule has 0 aliphatic rings. The summed E-state index contributed by atoms with van der Waals surface area (Å²) >= 11 is 0. The lowest BCUT2D eigenvalue weighted by Gasteiger charge is -2.18. The summed E-state index contributed by atoms with van der Waals surface area (Å²) in [7, 11) is 0. The second-order valence-electron chi connectivity index (χ2n) is 18.1. The Hall–Kier alpha value is -4.19. The average Bonchev–Trinajstić information content (AvgIpc) is 3.35. The molecule has 0 unspecified atom stereocenters. The molecule has 0 aromatic rings. The highest BCUT2D eigenvalue weighted by molar-refractivity contribution is 5.71. The molecule has 0 saturated heterocycles. The molecule has 0 aromatic heterocycles. The highest BCUT2D eigenvalue weighted by atomic mass is 16.6. The fourth-order valence-corrected chi connectivity index (χ4v) is 7.28. The van der Waals surface area contributed by atoms with Crippen LogP contribution in [0.1, 0.15) is 239 Å². The minimum atomic E-state index is -0.808. The van der Waals surface area contributed by atoms with Crippen LogP contribution in [0.5, 0.6) is 0 Å². The summed E-state index contributed by atoms with van der Waals surface area (Å²) in [6.45, 7) is 6.33. The van der Waals surface area contributed by atoms with Gasteiger partial charge in [-0.3, -0.25) is 14.4 Å². The summed E-state index contributed by atoms with van der Waals surface area (Å²) in [4.78, 5) is 38.1. The van der Waals surface area contributed by atoms with Crippen LogP contribution in [-0.4, -0.2) is 37.2 Å². The maximum absolute atomic E-state index is 12.8. The molecule has 0 amide bonds. The standard InChI is InChI=1S/C63H102O6/c1-4-7-10-13-16-19-22-25-28-30-31-33-36-38-41-44-47-50-53-56-62(65)68-59-60(69-63(66)57-54-51-48-45-42-39-34-27-24-21-18-15-12-9-6-3)58-67-61(64)55-52-49-46-43-40-37-35-32-29-26-23-20-17-14-11-8-5-2/h7,9-10,12,16-21,25-29,31,33-34,38,41,60H,4-6,8,11,13-15,22-24,30,32,35-37,39-40,42-59H2,1-3H3/b10-7-,12-9-,19-16-,20-17-,21-18-,28-25-,29-26-,33-31-,34-27-,41-38-/t60-/m0/s1. The molecule has 0 saturated carbocycles. The van der Waals surface area contributed by atoms with Crippen LogP contribution in [0.3, 0.4) is 0 Å². The van der Waals surface area contributed by atoms with Crippen LogP contribution in [0.2, 0.25) is 0 Å². The monoisotopic (exact) mass is 955 g/mol. The van der Waals surface area contributed by atoms with Gasteiger partial charge < -0.3 is 14.2 Å². The Morgan fingerprint density at radius 1 is 0.304 bits per heavy atom. The number of unbranched alkanes of at least 4 members (excludes halogenated alkanes) is 18. The van der Waals surface area contributed by atoms with Gasteiger partial charge in [-0.15, -0.1) is 0 Å². The van der Waals surface area contributed by atoms with E-state index in [2.05, 4.69) is 142 Å². The number of rotatable bonds is 49. The van der Waals surface area contributed by atoms with Crippen LogP contribution in [0.4, 0.5) is 0 Å². The first kappa shape index (κ1) is 64.8. The molecule has 69 heavy (non-hydrogen) atoms. The number of hydrogen-bond donors (Lipinski definition) is 0. The summed E-state index contributed by atoms with van der Waals surface area (Å²) in [5.74, 6) is -0.964. The largest absolute Gasteiger partial charge is 0.462 e. The maximum Gasteiger partial charge on any atom is 0.306 e. The van der Waals surface area contributed by atoms with Gasteiger partial charge in [0.05, 0.1) is 0 Å². The predicted molar refractivity (Wildman–Crippen MR) is 297 cm³/mol. The van der Waals surface area contributed by atoms with Crippen molar-refractivity contribution in [1.82, 2.24) is 0 Å². The maximum atomic E-state index is 12.8. The third-order valence-corrected chi connectivity index (χ3v) is 11.4. The van der Waals surface area contributed by atoms with Gasteiger partial charge in [0.2, 0.25) is 0 Å². The first-order chi connectivity index (χ1) is 34.0. The molecule has 1 atom stereocenters. The molecule has 0 N–H and O–H groups in total. The smallest absolute Gasteiger partial charge is 0.306 e. The first-order valence-electron chi connectivity index (χ1n) is 28.0. The Balaban J connectivity index is 4.50. The third kappa shape index (κ3) is 54.6. The van der Waals surface area contributed by atoms with Gasteiger partial charge in [0, 0.05) is 19.3 Å². The zero-order valence-electron chi connectivity index (χ0n) is 44.5. The van der Waals surface area contributed by atoms with Crippen molar-refractivity contribution in [2.24, 2.45) is 0 Å². The lowest BCUT2D eigenvalue weighted by atomic mass is 10.1. The Labute approximate surface area is 424 Å². The molecular weight excluding hydrogens is 853 g/mol. The van der Waals surface area contributed by atoms with Crippen LogP contribution >= 0.6 is 0 Å². The highest BCUT2D eigenvalue weighted by Crippen LogP contribution is 2.13. The van der Waals surface area contributed by atoms with Crippen molar-refractivity contribution in [2.75, 3.05) is 13.2 Å². The topological polar surface area (TPSA) is 78.9 Å². The summed E-state index contributed by atoms with van der Waals surface area (Å²) < 4.78 is 16.8. The van der Waals surface area contributed by atoms with Gasteiger partial charge in [0.25, 0.3) is 0 Å². The molecule has 390 valence electrons. The van der Waals surface area contributed by atoms with E-state index in [-0.39, 0.29) is 31.1 Å². The van der Waals surface area contributed by atoms with E-state index in [1.54, 1.807) is 0 Å². The highest BCUT2D eigenvalue weighted by Gasteiger charge is 2.19. The second-order valence-corrected chi connectivity index (χ2v) is 18.1. The van der Waals surface area contributed by atoms with Gasteiger partial charge in [-0.1, -0.05) is 213 Å². The molecule has 6 nitrogen and oxygen atoms in total. The minimum Gasteiger partial charge on any atom is -0.462 e. The SMILES string of the molecule is CC/C=C\C/C=C\C/C=C\C/C=C\C/C=C\CCCCCC(=O)OC[C@H](COC(=O)CCCCCCCCC/C=C\C/C=C\CCCCC)OC(=O)CCCCCCC/C=C\C/C=C\C/C=C\CC. The van der Waals surface area contributed by atoms with E-state index in [0.717, 1.165) is 148 Å². The van der Waals surface area contributed by atoms with Crippen LogP contribution in [0, 0.1) is 0 Å². The Kier molecular flexibility index (Phi) is 53.0. The van der Waals surface area contributed by atoms with Crippen molar-refractivity contribution in [3.8, 4) is 0 Å². The molecule has 0 rings (SSSR count). The number of carbonyl (C=O) groups is 3. The summed E-state index contributed by atoms with van der Waals surface area (Å²) in [5, 5.41) is 0. The Morgan fingerprint density at radius 3 is 0.899 bits per heavy atom. The molecule has 0 heterocycles. The zero-order valence-corrected chi connectivity index (χ0v) is 44.5. The van der Waals surface area contributed by atoms with Crippen molar-refractivity contribution in [1.29, 1.82) is 0 Å². The molecule has 0 aliphatic carbocycles. The van der Waals surface area contributed by atoms with E-state index in [0.29, 0.717) is 19.3 Å². The second kappa shape index (κ2) is 56.4. The van der Waals surface area contributed by atoms with Crippen LogP contribution in [0.15, 0.2) is 122 Å². The lowest BCUT2D eigenvalue weighted by molar-refractivity contribution is -0.167. The van der Waals surface area contributed by atoms with Gasteiger partial charge >= 0.3 is 17.9 Å². The Bertz CT molecular complexity index is 1470. The van der Waals surface area contributed by atoms with E-state index in [4.69, 9.17) is 14.2 Å². The Morgan fingerprint density at radius 2 is 0.565 bits per heavy atom. The molecule has 0 spiro atoms. The lowest BCUT2D eigenvalue weighted by Crippen LogP contribution is -2.30. The molecule has 0 aromatic carbocycles. The van der Waals surface area contributed by atoms with Gasteiger partial charge in [-0.2, -0.15) is 0 Å². The normalized spacial score (nSPS) is 13.0. The van der Waals surface area contributed by atoms with E-state index in [1.807, 2.05) is 0 Å². The van der Waals surface area contributed by atoms with E-state index in [1.165, 1.54) is 51.4 Å².